The van der Waals surface area contributed by atoms with E-state index in [0.717, 1.165) is 11.8 Å². The molecule has 0 N–H and O–H groups in total. The molecule has 2 rings (SSSR count). The van der Waals surface area contributed by atoms with E-state index in [2.05, 4.69) is 15.1 Å². The van der Waals surface area contributed by atoms with Crippen LogP contribution in [0.25, 0.3) is 0 Å². The Labute approximate surface area is 146 Å². The fourth-order valence-electron chi connectivity index (χ4n) is 1.83. The molecule has 0 aromatic carbocycles. The molecule has 2 heterocycles. The maximum atomic E-state index is 13.9. The van der Waals surface area contributed by atoms with Crippen LogP contribution in [-0.2, 0) is 13.0 Å². The second-order valence-electron chi connectivity index (χ2n) is 4.64. The molecule has 24 heavy (non-hydrogen) atoms. The zero-order valence-corrected chi connectivity index (χ0v) is 15.0. The summed E-state index contributed by atoms with van der Waals surface area (Å²) in [4.78, 5) is 21.1. The summed E-state index contributed by atoms with van der Waals surface area (Å²) in [6, 6.07) is 3.51. The van der Waals surface area contributed by atoms with E-state index in [9.17, 15) is 13.6 Å². The predicted octanol–water partition coefficient (Wildman–Crippen LogP) is 3.40. The molecule has 0 spiro atoms. The Morgan fingerprint density at radius 1 is 1.54 bits per heavy atom. The van der Waals surface area contributed by atoms with Crippen molar-refractivity contribution in [2.45, 2.75) is 24.7 Å². The molecule has 2 aromatic heterocycles. The van der Waals surface area contributed by atoms with Crippen LogP contribution in [0.5, 0.6) is 0 Å². The van der Waals surface area contributed by atoms with Crippen LogP contribution < -0.4 is 4.80 Å². The lowest BCUT2D eigenvalue weighted by Crippen LogP contribution is -2.15. The Morgan fingerprint density at radius 2 is 2.29 bits per heavy atom. The SMILES string of the molecule is C/C=C/C(F)(F)c1nn(C)c(=NC(=O)c2ncccc2SCC)s1. The lowest BCUT2D eigenvalue weighted by Gasteiger charge is -2.05. The lowest BCUT2D eigenvalue weighted by atomic mass is 10.3. The van der Waals surface area contributed by atoms with Crippen LogP contribution in [0, 0.1) is 0 Å². The van der Waals surface area contributed by atoms with Gasteiger partial charge in [-0.3, -0.25) is 4.79 Å². The second-order valence-corrected chi connectivity index (χ2v) is 6.90. The summed E-state index contributed by atoms with van der Waals surface area (Å²) in [5, 5.41) is 3.35. The number of hydrogen-bond acceptors (Lipinski definition) is 5. The number of aromatic nitrogens is 3. The number of pyridine rings is 1. The van der Waals surface area contributed by atoms with Gasteiger partial charge >= 0.3 is 5.92 Å². The van der Waals surface area contributed by atoms with Gasteiger partial charge in [-0.1, -0.05) is 24.3 Å². The van der Waals surface area contributed by atoms with E-state index in [1.54, 1.807) is 12.1 Å². The number of alkyl halides is 2. The first kappa shape index (κ1) is 18.5. The molecule has 0 radical (unpaired) electrons. The predicted molar refractivity (Wildman–Crippen MR) is 90.3 cm³/mol. The first-order valence-corrected chi connectivity index (χ1v) is 8.92. The molecule has 0 bridgehead atoms. The maximum absolute atomic E-state index is 13.9. The van der Waals surface area contributed by atoms with Gasteiger partial charge in [0.2, 0.25) is 4.80 Å². The van der Waals surface area contributed by atoms with Crippen molar-refractivity contribution in [1.29, 1.82) is 0 Å². The molecule has 0 aliphatic carbocycles. The molecule has 9 heteroatoms. The number of nitrogens with zero attached hydrogens (tertiary/aromatic N) is 4. The number of rotatable bonds is 5. The van der Waals surface area contributed by atoms with Crippen LogP contribution in [0.1, 0.15) is 29.3 Å². The summed E-state index contributed by atoms with van der Waals surface area (Å²) in [6.45, 7) is 3.46. The third kappa shape index (κ3) is 4.15. The van der Waals surface area contributed by atoms with E-state index >= 15 is 0 Å². The van der Waals surface area contributed by atoms with E-state index < -0.39 is 16.8 Å². The van der Waals surface area contributed by atoms with Crippen LogP contribution in [0.3, 0.4) is 0 Å². The molecule has 0 atom stereocenters. The smallest absolute Gasteiger partial charge is 0.265 e. The maximum Gasteiger partial charge on any atom is 0.319 e. The Hall–Kier alpha value is -1.87. The molecule has 1 amide bonds. The average molecular weight is 370 g/mol. The van der Waals surface area contributed by atoms with Crippen LogP contribution in [0.4, 0.5) is 8.78 Å². The van der Waals surface area contributed by atoms with Gasteiger partial charge in [0.15, 0.2) is 5.01 Å². The van der Waals surface area contributed by atoms with Crippen molar-refractivity contribution in [1.82, 2.24) is 14.8 Å². The number of halogens is 2. The molecular weight excluding hydrogens is 354 g/mol. The number of allylic oxidation sites excluding steroid dienone is 2. The largest absolute Gasteiger partial charge is 0.319 e. The number of aryl methyl sites for hydroxylation is 1. The molecule has 5 nitrogen and oxygen atoms in total. The Bertz CT molecular complexity index is 827. The van der Waals surface area contributed by atoms with Gasteiger partial charge in [-0.15, -0.1) is 11.8 Å². The van der Waals surface area contributed by atoms with Crippen LogP contribution in [-0.4, -0.2) is 26.4 Å². The monoisotopic (exact) mass is 370 g/mol. The Kier molecular flexibility index (Phi) is 6.00. The van der Waals surface area contributed by atoms with Crippen LogP contribution in [0.15, 0.2) is 40.4 Å². The zero-order valence-electron chi connectivity index (χ0n) is 13.4. The van der Waals surface area contributed by atoms with Crippen molar-refractivity contribution in [2.24, 2.45) is 12.0 Å². The number of thioether (sulfide) groups is 1. The Balaban J connectivity index is 2.42. The average Bonchev–Trinajstić information content (AvgIpc) is 2.90. The second kappa shape index (κ2) is 7.80. The van der Waals surface area contributed by atoms with Crippen molar-refractivity contribution in [3.8, 4) is 0 Å². The van der Waals surface area contributed by atoms with Gasteiger partial charge < -0.3 is 0 Å². The highest BCUT2D eigenvalue weighted by Crippen LogP contribution is 2.29. The number of carbonyl (C=O) groups excluding carboxylic acids is 1. The van der Waals surface area contributed by atoms with E-state index in [1.807, 2.05) is 6.92 Å². The lowest BCUT2D eigenvalue weighted by molar-refractivity contribution is 0.0503. The fourth-order valence-corrected chi connectivity index (χ4v) is 3.43. The highest BCUT2D eigenvalue weighted by Gasteiger charge is 2.32. The van der Waals surface area contributed by atoms with Gasteiger partial charge in [-0.05, 0) is 30.9 Å². The van der Waals surface area contributed by atoms with Gasteiger partial charge in [0.1, 0.15) is 5.69 Å². The first-order valence-electron chi connectivity index (χ1n) is 7.12. The van der Waals surface area contributed by atoms with Crippen LogP contribution in [0.2, 0.25) is 0 Å². The van der Waals surface area contributed by atoms with Crippen molar-refractivity contribution in [3.63, 3.8) is 0 Å². The van der Waals surface area contributed by atoms with Gasteiger partial charge in [0.25, 0.3) is 5.91 Å². The van der Waals surface area contributed by atoms with Crippen LogP contribution >= 0.6 is 23.1 Å². The van der Waals surface area contributed by atoms with E-state index in [-0.39, 0.29) is 10.5 Å². The molecule has 0 fully saturated rings. The van der Waals surface area contributed by atoms with Crippen molar-refractivity contribution in [3.05, 3.63) is 46.0 Å². The van der Waals surface area contributed by atoms with Crippen molar-refractivity contribution < 1.29 is 13.6 Å². The molecule has 0 aliphatic heterocycles. The van der Waals surface area contributed by atoms with Gasteiger partial charge in [0.05, 0.1) is 0 Å². The zero-order chi connectivity index (χ0) is 17.7. The molecule has 0 saturated heterocycles. The standard InChI is InChI=1S/C15H16F2N4OS2/c1-4-8-15(16,17)13-20-21(3)14(24-13)19-12(22)11-10(23-5-2)7-6-9-18-11/h4,6-9H,5H2,1-3H3/b8-4+,19-14?. The Morgan fingerprint density at radius 3 is 2.96 bits per heavy atom. The quantitative estimate of drug-likeness (QED) is 0.598. The fraction of sp³-hybridized carbons (Fsp3) is 0.333. The first-order chi connectivity index (χ1) is 11.4. The van der Waals surface area contributed by atoms with Gasteiger partial charge in [-0.25, -0.2) is 9.67 Å². The molecule has 0 aliphatic rings. The topological polar surface area (TPSA) is 60.1 Å². The van der Waals surface area contributed by atoms with Crippen molar-refractivity contribution >= 4 is 29.0 Å². The van der Waals surface area contributed by atoms with E-state index in [1.165, 1.54) is 42.7 Å². The highest BCUT2D eigenvalue weighted by atomic mass is 32.2. The minimum atomic E-state index is -3.19. The summed E-state index contributed by atoms with van der Waals surface area (Å²) >= 11 is 2.15. The molecular formula is C15H16F2N4OS2. The molecule has 0 saturated carbocycles. The number of carbonyl (C=O) groups is 1. The minimum Gasteiger partial charge on any atom is -0.265 e. The minimum absolute atomic E-state index is 0.0947. The molecule has 2 aromatic rings. The molecule has 0 unspecified atom stereocenters. The van der Waals surface area contributed by atoms with Gasteiger partial charge in [-0.2, -0.15) is 18.9 Å². The third-order valence-corrected chi connectivity index (χ3v) is 4.85. The highest BCUT2D eigenvalue weighted by molar-refractivity contribution is 7.99. The summed E-state index contributed by atoms with van der Waals surface area (Å²) < 4.78 is 28.9. The van der Waals surface area contributed by atoms with Crippen molar-refractivity contribution in [2.75, 3.05) is 5.75 Å². The number of hydrogen-bond donors (Lipinski definition) is 0. The van der Waals surface area contributed by atoms with E-state index in [4.69, 9.17) is 0 Å². The third-order valence-electron chi connectivity index (χ3n) is 2.84. The number of amides is 1. The van der Waals surface area contributed by atoms with Gasteiger partial charge in [0, 0.05) is 18.1 Å². The summed E-state index contributed by atoms with van der Waals surface area (Å²) in [6.07, 6.45) is 3.51. The van der Waals surface area contributed by atoms with E-state index in [0.29, 0.717) is 16.2 Å². The summed E-state index contributed by atoms with van der Waals surface area (Å²) in [7, 11) is 1.47. The normalized spacial score (nSPS) is 13.0. The summed E-state index contributed by atoms with van der Waals surface area (Å²) in [5.41, 5.74) is 0.208. The molecule has 128 valence electrons. The summed E-state index contributed by atoms with van der Waals surface area (Å²) in [5.74, 6) is -2.99.